The summed E-state index contributed by atoms with van der Waals surface area (Å²) < 4.78 is 5.12. The Morgan fingerprint density at radius 1 is 1.10 bits per heavy atom. The summed E-state index contributed by atoms with van der Waals surface area (Å²) in [4.78, 5) is 24.5. The predicted octanol–water partition coefficient (Wildman–Crippen LogP) is 3.94. The highest BCUT2D eigenvalue weighted by atomic mass is 16.5. The Morgan fingerprint density at radius 2 is 1.70 bits per heavy atom. The largest absolute Gasteiger partial charge is 0.497 e. The number of nitrogens with one attached hydrogen (secondary N) is 2. The van der Waals surface area contributed by atoms with Crippen LogP contribution in [0.1, 0.15) is 57.4 Å². The Morgan fingerprint density at radius 3 is 2.27 bits per heavy atom. The molecule has 2 amide bonds. The molecule has 30 heavy (non-hydrogen) atoms. The minimum absolute atomic E-state index is 0.0395. The molecule has 4 fully saturated rings. The zero-order valence-electron chi connectivity index (χ0n) is 18.2. The molecule has 2 N–H and O–H groups in total. The number of hydrogen-bond donors (Lipinski definition) is 2. The molecule has 0 unspecified atom stereocenters. The van der Waals surface area contributed by atoms with Crippen LogP contribution < -0.4 is 15.4 Å². The predicted molar refractivity (Wildman–Crippen MR) is 118 cm³/mol. The Kier molecular flexibility index (Phi) is 6.16. The smallest absolute Gasteiger partial charge is 0.244 e. The van der Waals surface area contributed by atoms with Crippen molar-refractivity contribution in [2.75, 3.05) is 13.7 Å². The van der Waals surface area contributed by atoms with E-state index < -0.39 is 0 Å². The van der Waals surface area contributed by atoms with Gasteiger partial charge in [0.1, 0.15) is 5.75 Å². The quantitative estimate of drug-likeness (QED) is 0.638. The van der Waals surface area contributed by atoms with Gasteiger partial charge < -0.3 is 15.4 Å². The molecule has 1 aromatic carbocycles. The Hall–Kier alpha value is -2.30. The summed E-state index contributed by atoms with van der Waals surface area (Å²) in [6, 6.07) is 7.72. The molecule has 0 radical (unpaired) electrons. The number of rotatable bonds is 8. The molecule has 4 saturated carbocycles. The van der Waals surface area contributed by atoms with Crippen LogP contribution in [0.4, 0.5) is 0 Å². The van der Waals surface area contributed by atoms with Crippen LogP contribution in [0.2, 0.25) is 0 Å². The van der Waals surface area contributed by atoms with Crippen molar-refractivity contribution < 1.29 is 14.3 Å². The summed E-state index contributed by atoms with van der Waals surface area (Å²) in [5.41, 5.74) is 1.24. The highest BCUT2D eigenvalue weighted by molar-refractivity contribution is 5.92. The Labute approximate surface area is 179 Å². The first kappa shape index (κ1) is 21.0. The summed E-state index contributed by atoms with van der Waals surface area (Å²) in [7, 11) is 1.62. The third-order valence-electron chi connectivity index (χ3n) is 7.58. The molecule has 5 rings (SSSR count). The van der Waals surface area contributed by atoms with Crippen LogP contribution in [0.3, 0.4) is 0 Å². The van der Waals surface area contributed by atoms with Crippen LogP contribution in [0.5, 0.6) is 5.75 Å². The average molecular weight is 411 g/mol. The molecule has 1 aromatic rings. The first-order chi connectivity index (χ1) is 14.5. The van der Waals surface area contributed by atoms with Crippen molar-refractivity contribution in [3.63, 3.8) is 0 Å². The molecule has 1 atom stereocenters. The maximum absolute atomic E-state index is 12.5. The van der Waals surface area contributed by atoms with E-state index in [9.17, 15) is 9.59 Å². The van der Waals surface area contributed by atoms with E-state index in [1.54, 1.807) is 13.2 Å². The standard InChI is InChI=1S/C25H34N2O3/c1-17(25-14-19-11-20(15-25)13-21(12-19)16-25)27-24(29)9-10-26-23(28)8-5-18-3-6-22(30-2)7-4-18/h3-8,17,19-21H,9-16H2,1-2H3,(H,26,28)(H,27,29)/b8-5+/t17-,19?,20?,21?,25?/m1/s1. The van der Waals surface area contributed by atoms with Gasteiger partial charge in [-0.15, -0.1) is 0 Å². The molecule has 0 saturated heterocycles. The highest BCUT2D eigenvalue weighted by Crippen LogP contribution is 2.61. The third kappa shape index (κ3) is 4.71. The van der Waals surface area contributed by atoms with Gasteiger partial charge in [0.25, 0.3) is 0 Å². The van der Waals surface area contributed by atoms with Crippen molar-refractivity contribution >= 4 is 17.9 Å². The van der Waals surface area contributed by atoms with Gasteiger partial charge in [0, 0.05) is 25.1 Å². The van der Waals surface area contributed by atoms with Crippen LogP contribution in [-0.2, 0) is 9.59 Å². The number of benzene rings is 1. The van der Waals surface area contributed by atoms with Gasteiger partial charge in [0.2, 0.25) is 11.8 Å². The maximum Gasteiger partial charge on any atom is 0.244 e. The molecule has 4 aliphatic rings. The van der Waals surface area contributed by atoms with Crippen molar-refractivity contribution in [2.45, 2.75) is 57.9 Å². The van der Waals surface area contributed by atoms with Crippen molar-refractivity contribution in [3.8, 4) is 5.75 Å². The van der Waals surface area contributed by atoms with Crippen LogP contribution >= 0.6 is 0 Å². The van der Waals surface area contributed by atoms with E-state index >= 15 is 0 Å². The van der Waals surface area contributed by atoms with Crippen molar-refractivity contribution in [1.82, 2.24) is 10.6 Å². The molecular formula is C25H34N2O3. The number of carbonyl (C=O) groups excluding carboxylic acids is 2. The van der Waals surface area contributed by atoms with Gasteiger partial charge in [-0.1, -0.05) is 12.1 Å². The molecule has 0 aliphatic heterocycles. The van der Waals surface area contributed by atoms with Crippen molar-refractivity contribution in [2.24, 2.45) is 23.2 Å². The van der Waals surface area contributed by atoms with E-state index in [2.05, 4.69) is 17.6 Å². The fourth-order valence-electron chi connectivity index (χ4n) is 6.42. The number of carbonyl (C=O) groups is 2. The van der Waals surface area contributed by atoms with E-state index in [1.165, 1.54) is 44.6 Å². The van der Waals surface area contributed by atoms with Crippen LogP contribution in [0.25, 0.3) is 6.08 Å². The second-order valence-electron chi connectivity index (χ2n) is 9.72. The SMILES string of the molecule is COc1ccc(/C=C/C(=O)NCCC(=O)N[C@H](C)C23CC4CC(CC(C4)C2)C3)cc1. The molecule has 4 bridgehead atoms. The third-order valence-corrected chi connectivity index (χ3v) is 7.58. The number of ether oxygens (including phenoxy) is 1. The highest BCUT2D eigenvalue weighted by Gasteiger charge is 2.53. The summed E-state index contributed by atoms with van der Waals surface area (Å²) in [5, 5.41) is 6.06. The zero-order valence-corrected chi connectivity index (χ0v) is 18.2. The summed E-state index contributed by atoms with van der Waals surface area (Å²) in [6.07, 6.45) is 11.7. The van der Waals surface area contributed by atoms with Crippen LogP contribution in [0, 0.1) is 23.2 Å². The minimum atomic E-state index is -0.187. The molecule has 4 aliphatic carbocycles. The van der Waals surface area contributed by atoms with Crippen molar-refractivity contribution in [3.05, 3.63) is 35.9 Å². The number of amides is 2. The number of hydrogen-bond acceptors (Lipinski definition) is 3. The van der Waals surface area contributed by atoms with Gasteiger partial charge >= 0.3 is 0 Å². The van der Waals surface area contributed by atoms with E-state index in [0.29, 0.717) is 18.4 Å². The van der Waals surface area contributed by atoms with Gasteiger partial charge in [-0.25, -0.2) is 0 Å². The second-order valence-corrected chi connectivity index (χ2v) is 9.72. The van der Waals surface area contributed by atoms with Crippen LogP contribution in [-0.4, -0.2) is 31.5 Å². The summed E-state index contributed by atoms with van der Waals surface area (Å²) in [6.45, 7) is 2.55. The van der Waals surface area contributed by atoms with E-state index in [-0.39, 0.29) is 17.9 Å². The lowest BCUT2D eigenvalue weighted by Gasteiger charge is -2.59. The minimum Gasteiger partial charge on any atom is -0.497 e. The molecule has 162 valence electrons. The molecule has 0 aromatic heterocycles. The lowest BCUT2D eigenvalue weighted by atomic mass is 9.48. The van der Waals surface area contributed by atoms with E-state index in [0.717, 1.165) is 29.1 Å². The normalized spacial score (nSPS) is 30.3. The Bertz CT molecular complexity index is 764. The van der Waals surface area contributed by atoms with E-state index in [1.807, 2.05) is 24.3 Å². The van der Waals surface area contributed by atoms with Gasteiger partial charge in [-0.2, -0.15) is 0 Å². The lowest BCUT2D eigenvalue weighted by molar-refractivity contribution is -0.125. The first-order valence-electron chi connectivity index (χ1n) is 11.3. The summed E-state index contributed by atoms with van der Waals surface area (Å²) >= 11 is 0. The van der Waals surface area contributed by atoms with Gasteiger partial charge in [0.15, 0.2) is 0 Å². The van der Waals surface area contributed by atoms with Gasteiger partial charge in [-0.05, 0) is 92.4 Å². The monoisotopic (exact) mass is 410 g/mol. The molecule has 0 heterocycles. The topological polar surface area (TPSA) is 67.4 Å². The fraction of sp³-hybridized carbons (Fsp3) is 0.600. The molecule has 0 spiro atoms. The van der Waals surface area contributed by atoms with E-state index in [4.69, 9.17) is 4.74 Å². The first-order valence-corrected chi connectivity index (χ1v) is 11.3. The second kappa shape index (κ2) is 8.83. The number of methoxy groups -OCH3 is 1. The van der Waals surface area contributed by atoms with Gasteiger partial charge in [-0.3, -0.25) is 9.59 Å². The maximum atomic E-state index is 12.5. The fourth-order valence-corrected chi connectivity index (χ4v) is 6.42. The van der Waals surface area contributed by atoms with Crippen LogP contribution in [0.15, 0.2) is 30.3 Å². The average Bonchev–Trinajstić information content (AvgIpc) is 2.71. The Balaban J connectivity index is 1.19. The molecular weight excluding hydrogens is 376 g/mol. The van der Waals surface area contributed by atoms with Gasteiger partial charge in [0.05, 0.1) is 7.11 Å². The molecule has 5 heteroatoms. The lowest BCUT2D eigenvalue weighted by Crippen LogP contribution is -2.56. The van der Waals surface area contributed by atoms with Crippen molar-refractivity contribution in [1.29, 1.82) is 0 Å². The summed E-state index contributed by atoms with van der Waals surface area (Å²) in [5.74, 6) is 3.28. The molecule has 5 nitrogen and oxygen atoms in total. The zero-order chi connectivity index (χ0) is 21.1.